The molecule has 0 aromatic carbocycles. The number of halogens is 1. The summed E-state index contributed by atoms with van der Waals surface area (Å²) in [4.78, 5) is 0. The maximum absolute atomic E-state index is 12.0. The van der Waals surface area contributed by atoms with Gasteiger partial charge in [-0.05, 0) is 24.7 Å². The molecule has 0 saturated heterocycles. The predicted octanol–water partition coefficient (Wildman–Crippen LogP) is 2.70. The summed E-state index contributed by atoms with van der Waals surface area (Å²) in [5.74, 6) is 1.14. The van der Waals surface area contributed by atoms with Crippen molar-refractivity contribution in [3.63, 3.8) is 0 Å². The van der Waals surface area contributed by atoms with Crippen LogP contribution in [0.5, 0.6) is 0 Å². The third kappa shape index (κ3) is 5.14. The quantitative estimate of drug-likeness (QED) is 0.702. The van der Waals surface area contributed by atoms with Crippen LogP contribution in [-0.4, -0.2) is 37.9 Å². The van der Waals surface area contributed by atoms with Crippen molar-refractivity contribution in [3.05, 3.63) is 0 Å². The van der Waals surface area contributed by atoms with Gasteiger partial charge in [0.25, 0.3) is 0 Å². The van der Waals surface area contributed by atoms with Crippen molar-refractivity contribution in [3.8, 4) is 0 Å². The summed E-state index contributed by atoms with van der Waals surface area (Å²) >= 11 is 5.67. The Labute approximate surface area is 111 Å². The Morgan fingerprint density at radius 1 is 1.29 bits per heavy atom. The minimum Gasteiger partial charge on any atom is -0.212 e. The van der Waals surface area contributed by atoms with E-state index in [1.165, 1.54) is 36.4 Å². The summed E-state index contributed by atoms with van der Waals surface area (Å²) in [5, 5.41) is 0. The van der Waals surface area contributed by atoms with Crippen LogP contribution in [0.4, 0.5) is 0 Å². The van der Waals surface area contributed by atoms with Gasteiger partial charge in [-0.25, -0.2) is 12.7 Å². The predicted molar refractivity (Wildman–Crippen MR) is 72.9 cm³/mol. The van der Waals surface area contributed by atoms with Crippen LogP contribution in [0.3, 0.4) is 0 Å². The molecule has 1 aliphatic rings. The van der Waals surface area contributed by atoms with E-state index in [4.69, 9.17) is 11.6 Å². The van der Waals surface area contributed by atoms with E-state index in [0.717, 1.165) is 0 Å². The van der Waals surface area contributed by atoms with Crippen LogP contribution in [-0.2, 0) is 10.0 Å². The zero-order valence-electron chi connectivity index (χ0n) is 10.9. The van der Waals surface area contributed by atoms with Gasteiger partial charge in [-0.15, -0.1) is 11.6 Å². The second kappa shape index (κ2) is 6.95. The average molecular weight is 282 g/mol. The van der Waals surface area contributed by atoms with Crippen LogP contribution in [0.25, 0.3) is 0 Å². The lowest BCUT2D eigenvalue weighted by Gasteiger charge is -2.27. The molecule has 102 valence electrons. The van der Waals surface area contributed by atoms with E-state index in [0.29, 0.717) is 18.3 Å². The fraction of sp³-hybridized carbons (Fsp3) is 1.00. The van der Waals surface area contributed by atoms with Gasteiger partial charge in [0.1, 0.15) is 0 Å². The van der Waals surface area contributed by atoms with Gasteiger partial charge >= 0.3 is 0 Å². The van der Waals surface area contributed by atoms with Crippen molar-refractivity contribution in [2.24, 2.45) is 11.8 Å². The van der Waals surface area contributed by atoms with Crippen LogP contribution in [0, 0.1) is 11.8 Å². The van der Waals surface area contributed by atoms with E-state index in [9.17, 15) is 8.42 Å². The first kappa shape index (κ1) is 15.3. The molecule has 0 N–H and O–H groups in total. The Balaban J connectivity index is 2.47. The van der Waals surface area contributed by atoms with Gasteiger partial charge in [0.05, 0.1) is 5.75 Å². The highest BCUT2D eigenvalue weighted by atomic mass is 35.5. The van der Waals surface area contributed by atoms with E-state index in [1.54, 1.807) is 7.05 Å². The number of hydrogen-bond acceptors (Lipinski definition) is 2. The highest BCUT2D eigenvalue weighted by Gasteiger charge is 2.24. The van der Waals surface area contributed by atoms with Gasteiger partial charge in [-0.3, -0.25) is 0 Å². The monoisotopic (exact) mass is 281 g/mol. The van der Waals surface area contributed by atoms with Crippen LogP contribution in [0.2, 0.25) is 0 Å². The summed E-state index contributed by atoms with van der Waals surface area (Å²) < 4.78 is 25.6. The molecule has 3 nitrogen and oxygen atoms in total. The lowest BCUT2D eigenvalue weighted by molar-refractivity contribution is 0.299. The van der Waals surface area contributed by atoms with Crippen molar-refractivity contribution in [2.45, 2.75) is 39.0 Å². The van der Waals surface area contributed by atoms with Crippen molar-refractivity contribution < 1.29 is 8.42 Å². The van der Waals surface area contributed by atoms with Gasteiger partial charge in [-0.1, -0.05) is 26.2 Å². The molecule has 0 spiro atoms. The maximum atomic E-state index is 12.0. The Morgan fingerprint density at radius 2 is 1.88 bits per heavy atom. The van der Waals surface area contributed by atoms with Crippen LogP contribution in [0.1, 0.15) is 39.0 Å². The molecule has 0 aliphatic heterocycles. The zero-order chi connectivity index (χ0) is 12.9. The van der Waals surface area contributed by atoms with Crippen molar-refractivity contribution in [2.75, 3.05) is 25.2 Å². The van der Waals surface area contributed by atoms with Gasteiger partial charge in [0, 0.05) is 19.5 Å². The summed E-state index contributed by atoms with van der Waals surface area (Å²) in [6.45, 7) is 2.55. The molecule has 17 heavy (non-hydrogen) atoms. The van der Waals surface area contributed by atoms with Gasteiger partial charge < -0.3 is 0 Å². The molecule has 1 atom stereocenters. The fourth-order valence-electron chi connectivity index (χ4n) is 2.38. The number of rotatable bonds is 6. The fourth-order valence-corrected chi connectivity index (χ4v) is 4.15. The maximum Gasteiger partial charge on any atom is 0.214 e. The van der Waals surface area contributed by atoms with Gasteiger partial charge in [-0.2, -0.15) is 0 Å². The average Bonchev–Trinajstić information content (AvgIpc) is 2.29. The second-order valence-corrected chi connectivity index (χ2v) is 7.75. The Hall–Kier alpha value is 0.200. The Kier molecular flexibility index (Phi) is 6.24. The summed E-state index contributed by atoms with van der Waals surface area (Å²) in [7, 11) is -1.42. The van der Waals surface area contributed by atoms with E-state index in [2.05, 4.69) is 0 Å². The molecule has 1 fully saturated rings. The first-order valence-corrected chi connectivity index (χ1v) is 8.60. The lowest BCUT2D eigenvalue weighted by Crippen LogP contribution is -2.36. The van der Waals surface area contributed by atoms with E-state index in [1.807, 2.05) is 6.92 Å². The topological polar surface area (TPSA) is 37.4 Å². The normalized spacial score (nSPS) is 20.7. The summed E-state index contributed by atoms with van der Waals surface area (Å²) in [6.07, 6.45) is 6.14. The SMILES string of the molecule is CC(CCl)CS(=O)(=O)N(C)CC1CCCCC1. The molecular formula is C12H24ClNO2S. The second-order valence-electron chi connectivity index (χ2n) is 5.32. The summed E-state index contributed by atoms with van der Waals surface area (Å²) in [6, 6.07) is 0. The molecule has 5 heteroatoms. The summed E-state index contributed by atoms with van der Waals surface area (Å²) in [5.41, 5.74) is 0. The van der Waals surface area contributed by atoms with E-state index >= 15 is 0 Å². The Morgan fingerprint density at radius 3 is 2.41 bits per heavy atom. The molecule has 0 aromatic rings. The largest absolute Gasteiger partial charge is 0.214 e. The molecular weight excluding hydrogens is 258 g/mol. The van der Waals surface area contributed by atoms with E-state index < -0.39 is 10.0 Å². The molecule has 0 amide bonds. The van der Waals surface area contributed by atoms with Crippen LogP contribution < -0.4 is 0 Å². The molecule has 0 aromatic heterocycles. The van der Waals surface area contributed by atoms with Crippen LogP contribution in [0.15, 0.2) is 0 Å². The van der Waals surface area contributed by atoms with Crippen molar-refractivity contribution >= 4 is 21.6 Å². The number of nitrogens with zero attached hydrogens (tertiary/aromatic N) is 1. The number of sulfonamides is 1. The first-order valence-electron chi connectivity index (χ1n) is 6.45. The lowest BCUT2D eigenvalue weighted by atomic mass is 9.89. The third-order valence-corrected chi connectivity index (χ3v) is 6.09. The Bertz CT molecular complexity index is 312. The minimum atomic E-state index is -3.12. The van der Waals surface area contributed by atoms with Crippen molar-refractivity contribution in [1.82, 2.24) is 4.31 Å². The molecule has 1 aliphatic carbocycles. The molecule has 0 heterocycles. The minimum absolute atomic E-state index is 0.0236. The van der Waals surface area contributed by atoms with Crippen molar-refractivity contribution in [1.29, 1.82) is 0 Å². The number of hydrogen-bond donors (Lipinski definition) is 0. The standard InChI is InChI=1S/C12H24ClNO2S/c1-11(8-13)10-17(15,16)14(2)9-12-6-4-3-5-7-12/h11-12H,3-10H2,1-2H3. The molecule has 1 saturated carbocycles. The molecule has 0 radical (unpaired) electrons. The zero-order valence-corrected chi connectivity index (χ0v) is 12.4. The smallest absolute Gasteiger partial charge is 0.212 e. The van der Waals surface area contributed by atoms with Gasteiger partial charge in [0.2, 0.25) is 10.0 Å². The molecule has 1 unspecified atom stereocenters. The third-order valence-electron chi connectivity index (χ3n) is 3.47. The molecule has 1 rings (SSSR count). The van der Waals surface area contributed by atoms with E-state index in [-0.39, 0.29) is 11.7 Å². The first-order chi connectivity index (χ1) is 7.95. The van der Waals surface area contributed by atoms with Crippen LogP contribution >= 0.6 is 11.6 Å². The molecule has 0 bridgehead atoms. The number of alkyl halides is 1. The van der Waals surface area contributed by atoms with Gasteiger partial charge in [0.15, 0.2) is 0 Å². The highest BCUT2D eigenvalue weighted by Crippen LogP contribution is 2.25. The highest BCUT2D eigenvalue weighted by molar-refractivity contribution is 7.89.